The van der Waals surface area contributed by atoms with Gasteiger partial charge in [-0.15, -0.1) is 11.6 Å². The zero-order chi connectivity index (χ0) is 10.8. The Balaban J connectivity index is 2.70. The van der Waals surface area contributed by atoms with Crippen LogP contribution in [-0.4, -0.2) is 37.9 Å². The Kier molecular flexibility index (Phi) is 3.78. The maximum Gasteiger partial charge on any atom is 0.320 e. The van der Waals surface area contributed by atoms with E-state index in [4.69, 9.17) is 11.6 Å². The minimum absolute atomic E-state index is 0.357. The highest BCUT2D eigenvalue weighted by molar-refractivity contribution is 7.92. The summed E-state index contributed by atoms with van der Waals surface area (Å²) in [6.07, 6.45) is 2.05. The number of methoxy groups -OCH3 is 1. The Morgan fingerprint density at radius 1 is 1.50 bits per heavy atom. The number of sulfone groups is 1. The van der Waals surface area contributed by atoms with Crippen molar-refractivity contribution in [2.45, 2.75) is 29.9 Å². The Labute approximate surface area is 88.5 Å². The zero-order valence-corrected chi connectivity index (χ0v) is 9.47. The van der Waals surface area contributed by atoms with Crippen LogP contribution in [0.3, 0.4) is 0 Å². The van der Waals surface area contributed by atoms with Crippen LogP contribution in [-0.2, 0) is 19.4 Å². The van der Waals surface area contributed by atoms with Crippen LogP contribution in [0.25, 0.3) is 0 Å². The maximum absolute atomic E-state index is 11.6. The molecule has 0 radical (unpaired) electrons. The van der Waals surface area contributed by atoms with Crippen LogP contribution >= 0.6 is 11.6 Å². The number of hydrogen-bond donors (Lipinski definition) is 0. The van der Waals surface area contributed by atoms with Gasteiger partial charge in [0.25, 0.3) is 0 Å². The molecule has 0 aromatic heterocycles. The molecule has 0 aromatic rings. The minimum atomic E-state index is -3.43. The van der Waals surface area contributed by atoms with Crippen LogP contribution in [0.2, 0.25) is 0 Å². The molecule has 1 aliphatic rings. The van der Waals surface area contributed by atoms with Gasteiger partial charge in [-0.25, -0.2) is 8.42 Å². The topological polar surface area (TPSA) is 60.4 Å². The molecule has 2 atom stereocenters. The molecule has 14 heavy (non-hydrogen) atoms. The fourth-order valence-electron chi connectivity index (χ4n) is 1.62. The van der Waals surface area contributed by atoms with E-state index in [1.54, 1.807) is 0 Å². The van der Waals surface area contributed by atoms with Gasteiger partial charge in [-0.05, 0) is 12.8 Å². The predicted molar refractivity (Wildman–Crippen MR) is 53.1 cm³/mol. The third-order valence-electron chi connectivity index (χ3n) is 2.38. The molecule has 6 heteroatoms. The normalized spacial score (nSPS) is 27.6. The molecule has 0 aromatic carbocycles. The Morgan fingerprint density at radius 2 is 2.14 bits per heavy atom. The van der Waals surface area contributed by atoms with Gasteiger partial charge in [0.2, 0.25) is 0 Å². The first-order chi connectivity index (χ1) is 6.47. The third kappa shape index (κ3) is 2.60. The molecule has 0 aliphatic heterocycles. The second kappa shape index (κ2) is 4.49. The van der Waals surface area contributed by atoms with Crippen LogP contribution in [0.4, 0.5) is 0 Å². The maximum atomic E-state index is 11.6. The van der Waals surface area contributed by atoms with Crippen molar-refractivity contribution in [1.29, 1.82) is 0 Å². The van der Waals surface area contributed by atoms with Gasteiger partial charge in [0.1, 0.15) is 5.75 Å². The van der Waals surface area contributed by atoms with Crippen LogP contribution < -0.4 is 0 Å². The summed E-state index contributed by atoms with van der Waals surface area (Å²) >= 11 is 5.86. The van der Waals surface area contributed by atoms with E-state index in [0.29, 0.717) is 12.8 Å². The molecule has 0 saturated heterocycles. The average Bonchev–Trinajstić information content (AvgIpc) is 2.51. The predicted octanol–water partition coefficient (Wildman–Crippen LogP) is 0.734. The summed E-state index contributed by atoms with van der Waals surface area (Å²) in [6, 6.07) is 0. The Morgan fingerprint density at radius 3 is 2.57 bits per heavy atom. The monoisotopic (exact) mass is 240 g/mol. The Bertz CT molecular complexity index is 311. The molecule has 1 fully saturated rings. The summed E-state index contributed by atoms with van der Waals surface area (Å²) in [7, 11) is -2.26. The van der Waals surface area contributed by atoms with E-state index in [0.717, 1.165) is 6.42 Å². The third-order valence-corrected chi connectivity index (χ3v) is 5.18. The van der Waals surface area contributed by atoms with Crippen molar-refractivity contribution in [2.24, 2.45) is 0 Å². The highest BCUT2D eigenvalue weighted by Crippen LogP contribution is 2.30. The molecular formula is C8H13ClO4S. The minimum Gasteiger partial charge on any atom is -0.468 e. The molecule has 1 aliphatic carbocycles. The second-order valence-corrected chi connectivity index (χ2v) is 6.15. The molecule has 0 amide bonds. The lowest BCUT2D eigenvalue weighted by Gasteiger charge is -2.13. The molecular weight excluding hydrogens is 228 g/mol. The van der Waals surface area contributed by atoms with Crippen LogP contribution in [0.15, 0.2) is 0 Å². The van der Waals surface area contributed by atoms with Crippen molar-refractivity contribution in [1.82, 2.24) is 0 Å². The van der Waals surface area contributed by atoms with Crippen LogP contribution in [0.1, 0.15) is 19.3 Å². The lowest BCUT2D eigenvalue weighted by Crippen LogP contribution is -2.31. The SMILES string of the molecule is COC(=O)CS(=O)(=O)C1CCCC1Cl. The largest absolute Gasteiger partial charge is 0.468 e. The number of halogens is 1. The summed E-state index contributed by atoms with van der Waals surface area (Å²) in [5, 5.41) is -0.937. The first-order valence-corrected chi connectivity index (χ1v) is 6.55. The highest BCUT2D eigenvalue weighted by atomic mass is 35.5. The molecule has 0 bridgehead atoms. The fourth-order valence-corrected chi connectivity index (χ4v) is 4.14. The molecule has 0 heterocycles. The van der Waals surface area contributed by atoms with E-state index in [2.05, 4.69) is 4.74 Å². The molecule has 0 spiro atoms. The number of alkyl halides is 1. The second-order valence-electron chi connectivity index (χ2n) is 3.37. The fraction of sp³-hybridized carbons (Fsp3) is 0.875. The van der Waals surface area contributed by atoms with Crippen molar-refractivity contribution < 1.29 is 17.9 Å². The summed E-state index contributed by atoms with van der Waals surface area (Å²) in [5.74, 6) is -1.28. The van der Waals surface area contributed by atoms with E-state index in [9.17, 15) is 13.2 Å². The van der Waals surface area contributed by atoms with E-state index in [1.165, 1.54) is 7.11 Å². The number of carbonyl (C=O) groups excluding carboxylic acids is 1. The average molecular weight is 241 g/mol. The number of esters is 1. The first-order valence-electron chi connectivity index (χ1n) is 4.40. The zero-order valence-electron chi connectivity index (χ0n) is 7.90. The lowest BCUT2D eigenvalue weighted by molar-refractivity contribution is -0.137. The first kappa shape index (κ1) is 11.8. The van der Waals surface area contributed by atoms with Gasteiger partial charge in [-0.1, -0.05) is 6.42 Å². The highest BCUT2D eigenvalue weighted by Gasteiger charge is 2.37. The van der Waals surface area contributed by atoms with Crippen molar-refractivity contribution >= 4 is 27.4 Å². The van der Waals surface area contributed by atoms with Crippen molar-refractivity contribution in [3.05, 3.63) is 0 Å². The van der Waals surface area contributed by atoms with Crippen LogP contribution in [0, 0.1) is 0 Å². The number of hydrogen-bond acceptors (Lipinski definition) is 4. The quantitative estimate of drug-likeness (QED) is 0.539. The van der Waals surface area contributed by atoms with Crippen molar-refractivity contribution in [3.8, 4) is 0 Å². The van der Waals surface area contributed by atoms with Gasteiger partial charge >= 0.3 is 5.97 Å². The number of ether oxygens (including phenoxy) is 1. The summed E-state index contributed by atoms with van der Waals surface area (Å²) < 4.78 is 27.6. The van der Waals surface area contributed by atoms with Gasteiger partial charge in [0.05, 0.1) is 17.7 Å². The van der Waals surface area contributed by atoms with Crippen molar-refractivity contribution in [2.75, 3.05) is 12.9 Å². The van der Waals surface area contributed by atoms with Gasteiger partial charge in [0, 0.05) is 0 Å². The molecule has 1 saturated carbocycles. The van der Waals surface area contributed by atoms with Gasteiger partial charge < -0.3 is 4.74 Å². The van der Waals surface area contributed by atoms with E-state index < -0.39 is 26.8 Å². The molecule has 4 nitrogen and oxygen atoms in total. The lowest BCUT2D eigenvalue weighted by atomic mass is 10.4. The van der Waals surface area contributed by atoms with Gasteiger partial charge in [-0.3, -0.25) is 4.79 Å². The summed E-state index contributed by atoms with van der Waals surface area (Å²) in [4.78, 5) is 10.8. The smallest absolute Gasteiger partial charge is 0.320 e. The molecule has 1 rings (SSSR count). The molecule has 0 N–H and O–H groups in total. The van der Waals surface area contributed by atoms with E-state index in [1.807, 2.05) is 0 Å². The number of carbonyl (C=O) groups is 1. The van der Waals surface area contributed by atoms with Crippen molar-refractivity contribution in [3.63, 3.8) is 0 Å². The van der Waals surface area contributed by atoms with E-state index >= 15 is 0 Å². The molecule has 2 unspecified atom stereocenters. The van der Waals surface area contributed by atoms with Gasteiger partial charge in [-0.2, -0.15) is 0 Å². The standard InChI is InChI=1S/C8H13ClO4S/c1-13-8(10)5-14(11,12)7-4-2-3-6(7)9/h6-7H,2-5H2,1H3. The van der Waals surface area contributed by atoms with E-state index in [-0.39, 0.29) is 5.38 Å². The number of rotatable bonds is 3. The van der Waals surface area contributed by atoms with Gasteiger partial charge in [0.15, 0.2) is 9.84 Å². The Hall–Kier alpha value is -0.290. The van der Waals surface area contributed by atoms with Crippen LogP contribution in [0.5, 0.6) is 0 Å². The summed E-state index contributed by atoms with van der Waals surface area (Å²) in [6.45, 7) is 0. The summed E-state index contributed by atoms with van der Waals surface area (Å²) in [5.41, 5.74) is 0. The molecule has 82 valence electrons.